The van der Waals surface area contributed by atoms with Crippen LogP contribution in [0, 0.1) is 0 Å². The minimum absolute atomic E-state index is 0.511. The summed E-state index contributed by atoms with van der Waals surface area (Å²) < 4.78 is 7.62. The quantitative estimate of drug-likeness (QED) is 0.125. The van der Waals surface area contributed by atoms with Gasteiger partial charge in [0.15, 0.2) is 40.8 Å². The standard InChI is InChI=1S/C35H21N3S.C34H20N4S.C32H18N6S/c1-3-11-22(12-4-1)29-21-30(23-13-5-2-6-14-23)38-35(37-29)33-26-17-8-7-16-25(26)32-28(36-33)20-19-27-24-15-9-10-18-31(24)39-34(27)32;1-3-11-21(12-4-1)32-36-33(22-13-5-2-6-14-22)38-34(37-32)30-25-17-8-7-16-24(25)29-27(35-30)20-19-26-23-15-9-10-18-28(23)39-31(26)29;1-2-11-23-22(10-1)27-25(14-13-24-21-9-3-4-12-26(21)39-29(24)27)35-28(23)32-37-30(19-7-5-15-33-17-19)36-31(38-32)20-8-6-16-34-18-20/h1-21H;1-20H;1-18H. The Labute approximate surface area is 680 Å². The predicted octanol–water partition coefficient (Wildman–Crippen LogP) is 26.2. The van der Waals surface area contributed by atoms with Gasteiger partial charge in [-0.15, -0.1) is 34.0 Å². The van der Waals surface area contributed by atoms with E-state index < -0.39 is 0 Å². The molecular weight excluding hydrogens is 1490 g/mol. The van der Waals surface area contributed by atoms with Crippen LogP contribution in [0.15, 0.2) is 358 Å². The van der Waals surface area contributed by atoms with Crippen LogP contribution in [0.5, 0.6) is 0 Å². The van der Waals surface area contributed by atoms with E-state index in [2.05, 4.69) is 216 Å². The zero-order valence-electron chi connectivity index (χ0n) is 62.1. The fraction of sp³-hybridized carbons (Fsp3) is 0. The summed E-state index contributed by atoms with van der Waals surface area (Å²) in [6.07, 6.45) is 6.99. The lowest BCUT2D eigenvalue weighted by atomic mass is 10.0. The molecule has 11 heterocycles. The monoisotopic (exact) mass is 1550 g/mol. The molecular formula is C101H59N13S3. The molecule has 0 atom stereocenters. The number of thiophene rings is 3. The third kappa shape index (κ3) is 12.4. The van der Waals surface area contributed by atoms with Crippen molar-refractivity contribution in [3.8, 4) is 103 Å². The minimum Gasteiger partial charge on any atom is -0.264 e. The average molecular weight is 1550 g/mol. The van der Waals surface area contributed by atoms with Crippen LogP contribution in [-0.4, -0.2) is 64.8 Å². The van der Waals surface area contributed by atoms with Crippen LogP contribution in [0.2, 0.25) is 0 Å². The molecule has 0 amide bonds. The van der Waals surface area contributed by atoms with Gasteiger partial charge in [0.2, 0.25) is 0 Å². The van der Waals surface area contributed by atoms with Crippen LogP contribution >= 0.6 is 34.0 Å². The minimum atomic E-state index is 0.511. The van der Waals surface area contributed by atoms with Crippen molar-refractivity contribution in [3.05, 3.63) is 358 Å². The fourth-order valence-corrected chi connectivity index (χ4v) is 19.7. The average Bonchev–Trinajstić information content (AvgIpc) is 1.68. The second-order valence-electron chi connectivity index (χ2n) is 28.3. The number of fused-ring (bicyclic) bond motifs is 21. The van der Waals surface area contributed by atoms with Gasteiger partial charge in [0.05, 0.1) is 27.9 Å². The van der Waals surface area contributed by atoms with E-state index in [1.807, 2.05) is 161 Å². The summed E-state index contributed by atoms with van der Waals surface area (Å²) in [5.74, 6) is 4.05. The molecule has 0 saturated carbocycles. The van der Waals surface area contributed by atoms with Crippen LogP contribution in [0.3, 0.4) is 0 Å². The highest BCUT2D eigenvalue weighted by molar-refractivity contribution is 7.27. The van der Waals surface area contributed by atoms with Crippen molar-refractivity contribution in [3.63, 3.8) is 0 Å². The third-order valence-corrected chi connectivity index (χ3v) is 24.9. The number of rotatable bonds is 9. The van der Waals surface area contributed by atoms with Crippen LogP contribution in [0.1, 0.15) is 0 Å². The van der Waals surface area contributed by atoms with Gasteiger partial charge in [-0.1, -0.05) is 267 Å². The third-order valence-electron chi connectivity index (χ3n) is 21.3. The molecule has 117 heavy (non-hydrogen) atoms. The predicted molar refractivity (Wildman–Crippen MR) is 483 cm³/mol. The van der Waals surface area contributed by atoms with Gasteiger partial charge >= 0.3 is 0 Å². The highest BCUT2D eigenvalue weighted by Gasteiger charge is 2.24. The fourth-order valence-electron chi connectivity index (χ4n) is 15.9. The molecule has 24 rings (SSSR count). The van der Waals surface area contributed by atoms with E-state index in [1.54, 1.807) is 24.8 Å². The summed E-state index contributed by atoms with van der Waals surface area (Å²) in [7, 11) is 0. The molecule has 0 bridgehead atoms. The number of hydrogen-bond donors (Lipinski definition) is 0. The first-order valence-corrected chi connectivity index (χ1v) is 40.8. The van der Waals surface area contributed by atoms with Gasteiger partial charge in [0.25, 0.3) is 0 Å². The second kappa shape index (κ2) is 29.2. The van der Waals surface area contributed by atoms with Gasteiger partial charge in [-0.2, -0.15) is 0 Å². The van der Waals surface area contributed by atoms with Gasteiger partial charge in [0.1, 0.15) is 17.1 Å². The Hall–Kier alpha value is -15.1. The molecule has 0 unspecified atom stereocenters. The van der Waals surface area contributed by atoms with Crippen LogP contribution in [0.25, 0.3) is 228 Å². The maximum absolute atomic E-state index is 5.25. The van der Waals surface area contributed by atoms with Crippen molar-refractivity contribution >= 4 is 160 Å². The summed E-state index contributed by atoms with van der Waals surface area (Å²) in [5, 5.41) is 17.7. The van der Waals surface area contributed by atoms with E-state index in [0.29, 0.717) is 40.8 Å². The first kappa shape index (κ1) is 68.7. The highest BCUT2D eigenvalue weighted by Crippen LogP contribution is 2.47. The summed E-state index contributed by atoms with van der Waals surface area (Å²) >= 11 is 5.47. The molecule has 0 aliphatic carbocycles. The zero-order valence-corrected chi connectivity index (χ0v) is 64.6. The van der Waals surface area contributed by atoms with Crippen molar-refractivity contribution in [2.75, 3.05) is 0 Å². The molecule has 13 nitrogen and oxygen atoms in total. The number of nitrogens with zero attached hydrogens (tertiary/aromatic N) is 13. The van der Waals surface area contributed by atoms with Crippen molar-refractivity contribution in [1.82, 2.24) is 64.8 Å². The smallest absolute Gasteiger partial charge is 0.183 e. The van der Waals surface area contributed by atoms with Crippen molar-refractivity contribution < 1.29 is 0 Å². The van der Waals surface area contributed by atoms with Gasteiger partial charge in [-0.25, -0.2) is 54.8 Å². The van der Waals surface area contributed by atoms with Crippen molar-refractivity contribution in [1.29, 1.82) is 0 Å². The molecule has 0 spiro atoms. The van der Waals surface area contributed by atoms with Gasteiger partial charge in [-0.3, -0.25) is 9.97 Å². The maximum atomic E-state index is 5.25. The van der Waals surface area contributed by atoms with E-state index >= 15 is 0 Å². The molecule has 11 aromatic heterocycles. The SMILES string of the molecule is c1ccc(-c2cc(-c3ccccc3)nc(-c3nc4ccc5c6ccccc6sc5c4c4ccccc34)n2)cc1.c1ccc(-c2nc(-c3ccccc3)nc(-c3nc4ccc5c6ccccc6sc5c4c4ccccc34)n2)cc1.c1cncc(-c2nc(-c3cccnc3)nc(-c3nc4ccc5c6ccccc6sc5c4c4ccccc34)n2)c1. The Kier molecular flexibility index (Phi) is 17.1. The number of hydrogen-bond acceptors (Lipinski definition) is 16. The van der Waals surface area contributed by atoms with E-state index in [9.17, 15) is 0 Å². The lowest BCUT2D eigenvalue weighted by Gasteiger charge is -2.12. The van der Waals surface area contributed by atoms with Crippen LogP contribution in [0.4, 0.5) is 0 Å². The van der Waals surface area contributed by atoms with Crippen LogP contribution in [-0.2, 0) is 0 Å². The Morgan fingerprint density at radius 3 is 0.769 bits per heavy atom. The van der Waals surface area contributed by atoms with E-state index in [1.165, 1.54) is 76.7 Å². The number of pyridine rings is 5. The molecule has 0 N–H and O–H groups in total. The summed E-state index contributed by atoms with van der Waals surface area (Å²) in [4.78, 5) is 63.8. The van der Waals surface area contributed by atoms with Gasteiger partial charge in [-0.05, 0) is 82.9 Å². The van der Waals surface area contributed by atoms with E-state index in [0.717, 1.165) is 111 Å². The number of aromatic nitrogens is 13. The molecule has 0 aliphatic heterocycles. The lowest BCUT2D eigenvalue weighted by Crippen LogP contribution is -2.02. The topological polar surface area (TPSA) is 168 Å². The first-order chi connectivity index (χ1) is 58.0. The Morgan fingerprint density at radius 1 is 0.179 bits per heavy atom. The first-order valence-electron chi connectivity index (χ1n) is 38.3. The zero-order chi connectivity index (χ0) is 77.3. The Balaban J connectivity index is 0.000000106. The second-order valence-corrected chi connectivity index (χ2v) is 31.5. The van der Waals surface area contributed by atoms with Gasteiger partial charge < -0.3 is 0 Å². The molecule has 0 saturated heterocycles. The molecule has 24 aromatic rings. The molecule has 0 radical (unpaired) electrons. The lowest BCUT2D eigenvalue weighted by molar-refractivity contribution is 1.06. The summed E-state index contributed by atoms with van der Waals surface area (Å²) in [6, 6.07) is 114. The normalized spacial score (nSPS) is 11.6. The maximum Gasteiger partial charge on any atom is 0.183 e. The van der Waals surface area contributed by atoms with Gasteiger partial charge in [0, 0.05) is 151 Å². The van der Waals surface area contributed by atoms with E-state index in [4.69, 9.17) is 54.8 Å². The highest BCUT2D eigenvalue weighted by atomic mass is 32.1. The summed E-state index contributed by atoms with van der Waals surface area (Å²) in [6.45, 7) is 0. The van der Waals surface area contributed by atoms with Crippen LogP contribution < -0.4 is 0 Å². The Morgan fingerprint density at radius 2 is 0.444 bits per heavy atom. The molecule has 0 fully saturated rings. The van der Waals surface area contributed by atoms with E-state index in [-0.39, 0.29) is 0 Å². The van der Waals surface area contributed by atoms with Crippen molar-refractivity contribution in [2.45, 2.75) is 0 Å². The largest absolute Gasteiger partial charge is 0.264 e. The molecule has 0 aliphatic rings. The molecule has 13 aromatic carbocycles. The molecule has 16 heteroatoms. The molecule has 546 valence electrons. The van der Waals surface area contributed by atoms with Crippen molar-refractivity contribution in [2.24, 2.45) is 0 Å². The Bertz CT molecular complexity index is 7090. The number of benzene rings is 13. The summed E-state index contributed by atoms with van der Waals surface area (Å²) in [5.41, 5.74) is 12.4.